The second-order valence-corrected chi connectivity index (χ2v) is 1.32. The van der Waals surface area contributed by atoms with Crippen molar-refractivity contribution in [3.05, 3.63) is 10.2 Å². The van der Waals surface area contributed by atoms with E-state index in [2.05, 4.69) is 22.6 Å². The molecule has 0 saturated carbocycles. The zero-order valence-corrected chi connectivity index (χ0v) is 4.97. The van der Waals surface area contributed by atoms with E-state index in [0.717, 1.165) is 0 Å². The first-order valence-electron chi connectivity index (χ1n) is 1.37. The summed E-state index contributed by atoms with van der Waals surface area (Å²) in [5.41, 5.74) is 5.05. The van der Waals surface area contributed by atoms with E-state index in [-0.39, 0.29) is 0 Å². The summed E-state index contributed by atoms with van der Waals surface area (Å²) in [5.74, 6) is 0. The smallest absolute Gasteiger partial charge is 0.0114 e. The number of rotatable bonds is 1. The van der Waals surface area contributed by atoms with Crippen molar-refractivity contribution in [2.75, 3.05) is 6.54 Å². The van der Waals surface area contributed by atoms with Crippen molar-refractivity contribution in [1.29, 1.82) is 0 Å². The Hall–Kier alpha value is 0.430. The van der Waals surface area contributed by atoms with E-state index in [0.29, 0.717) is 6.54 Å². The van der Waals surface area contributed by atoms with Crippen LogP contribution in [0.3, 0.4) is 0 Å². The van der Waals surface area contributed by atoms with Crippen molar-refractivity contribution in [1.82, 2.24) is 0 Å². The quantitative estimate of drug-likeness (QED) is 0.600. The number of nitrogens with two attached hydrogens (primary N) is 1. The highest BCUT2D eigenvalue weighted by Crippen LogP contribution is 1.78. The van der Waals surface area contributed by atoms with Crippen LogP contribution in [-0.4, -0.2) is 6.54 Å². The largest absolute Gasteiger partial charge is 0.327 e. The molecule has 0 aliphatic carbocycles. The van der Waals surface area contributed by atoms with Crippen molar-refractivity contribution in [3.63, 3.8) is 0 Å². The molecule has 0 heterocycles. The summed E-state index contributed by atoms with van der Waals surface area (Å²) >= 11 is 2.13. The van der Waals surface area contributed by atoms with Gasteiger partial charge in [-0.25, -0.2) is 0 Å². The molecule has 0 aliphatic heterocycles. The minimum Gasteiger partial charge on any atom is -0.327 e. The van der Waals surface area contributed by atoms with Crippen LogP contribution < -0.4 is 5.73 Å². The fourth-order valence-electron chi connectivity index (χ4n) is 0.0514. The second kappa shape index (κ2) is 4.43. The highest BCUT2D eigenvalue weighted by atomic mass is 127. The normalized spacial score (nSPS) is 10.0. The summed E-state index contributed by atoms with van der Waals surface area (Å²) in [5, 5.41) is 0. The van der Waals surface area contributed by atoms with Crippen molar-refractivity contribution >= 4 is 22.6 Å². The third-order valence-electron chi connectivity index (χ3n) is 0.225. The monoisotopic (exact) mass is 183 g/mol. The van der Waals surface area contributed by atoms with Gasteiger partial charge in [-0.05, 0) is 4.08 Å². The Balaban J connectivity index is 2.62. The lowest BCUT2D eigenvalue weighted by Crippen LogP contribution is -1.90. The second-order valence-electron chi connectivity index (χ2n) is 0.597. The first-order valence-corrected chi connectivity index (χ1v) is 2.61. The maximum Gasteiger partial charge on any atom is 0.0114 e. The van der Waals surface area contributed by atoms with Crippen molar-refractivity contribution in [2.45, 2.75) is 0 Å². The summed E-state index contributed by atoms with van der Waals surface area (Å²) in [7, 11) is 0. The Morgan fingerprint density at radius 3 is 2.40 bits per heavy atom. The molecule has 0 rings (SSSR count). The SMILES string of the molecule is NC/C=C/I. The molecule has 0 aromatic carbocycles. The Bertz CT molecular complexity index is 33.9. The van der Waals surface area contributed by atoms with Gasteiger partial charge >= 0.3 is 0 Å². The van der Waals surface area contributed by atoms with Gasteiger partial charge in [-0.3, -0.25) is 0 Å². The standard InChI is InChI=1S/C3H6IN/c4-2-1-3-5/h1-2H,3,5H2/b2-1+. The van der Waals surface area contributed by atoms with Gasteiger partial charge in [0.2, 0.25) is 0 Å². The molecule has 0 aromatic rings. The van der Waals surface area contributed by atoms with Crippen LogP contribution in [0.4, 0.5) is 0 Å². The lowest BCUT2D eigenvalue weighted by atomic mass is 10.7. The Kier molecular flexibility index (Phi) is 4.81. The van der Waals surface area contributed by atoms with E-state index in [9.17, 15) is 0 Å². The highest BCUT2D eigenvalue weighted by Gasteiger charge is 1.52. The van der Waals surface area contributed by atoms with Gasteiger partial charge in [-0.2, -0.15) is 0 Å². The van der Waals surface area contributed by atoms with Crippen molar-refractivity contribution in [3.8, 4) is 0 Å². The van der Waals surface area contributed by atoms with Crippen LogP contribution in [-0.2, 0) is 0 Å². The van der Waals surface area contributed by atoms with Gasteiger partial charge in [-0.1, -0.05) is 28.7 Å². The van der Waals surface area contributed by atoms with E-state index >= 15 is 0 Å². The first-order chi connectivity index (χ1) is 2.41. The van der Waals surface area contributed by atoms with Crippen LogP contribution in [0.1, 0.15) is 0 Å². The third-order valence-corrected chi connectivity index (χ3v) is 0.734. The van der Waals surface area contributed by atoms with Gasteiger partial charge in [0, 0.05) is 6.54 Å². The van der Waals surface area contributed by atoms with Crippen molar-refractivity contribution < 1.29 is 0 Å². The minimum atomic E-state index is 0.656. The van der Waals surface area contributed by atoms with Gasteiger partial charge in [0.15, 0.2) is 0 Å². The molecule has 0 amide bonds. The van der Waals surface area contributed by atoms with Gasteiger partial charge in [-0.15, -0.1) is 0 Å². The molecule has 0 aliphatic rings. The van der Waals surface area contributed by atoms with Crippen LogP contribution in [0.5, 0.6) is 0 Å². The van der Waals surface area contributed by atoms with E-state index in [1.165, 1.54) is 0 Å². The predicted octanol–water partition coefficient (Wildman–Crippen LogP) is 0.894. The molecule has 0 atom stereocenters. The molecule has 0 fully saturated rings. The Morgan fingerprint density at radius 1 is 1.80 bits per heavy atom. The van der Waals surface area contributed by atoms with Crippen molar-refractivity contribution in [2.24, 2.45) is 5.73 Å². The van der Waals surface area contributed by atoms with E-state index < -0.39 is 0 Å². The van der Waals surface area contributed by atoms with Crippen LogP contribution in [0, 0.1) is 0 Å². The predicted molar refractivity (Wildman–Crippen MR) is 32.2 cm³/mol. The van der Waals surface area contributed by atoms with Crippen LogP contribution in [0.15, 0.2) is 10.2 Å². The summed E-state index contributed by atoms with van der Waals surface area (Å²) < 4.78 is 1.90. The molecule has 0 spiro atoms. The molecule has 0 saturated heterocycles. The molecule has 5 heavy (non-hydrogen) atoms. The molecular formula is C3H6IN. The minimum absolute atomic E-state index is 0.656. The third kappa shape index (κ3) is 4.43. The number of hydrogen-bond acceptors (Lipinski definition) is 1. The summed E-state index contributed by atoms with van der Waals surface area (Å²) in [4.78, 5) is 0. The van der Waals surface area contributed by atoms with Gasteiger partial charge in [0.1, 0.15) is 0 Å². The van der Waals surface area contributed by atoms with Gasteiger partial charge in [0.05, 0.1) is 0 Å². The molecule has 1 nitrogen and oxygen atoms in total. The van der Waals surface area contributed by atoms with Gasteiger partial charge < -0.3 is 5.73 Å². The van der Waals surface area contributed by atoms with E-state index in [1.807, 2.05) is 10.2 Å². The Morgan fingerprint density at radius 2 is 2.40 bits per heavy atom. The molecule has 0 radical (unpaired) electrons. The molecule has 0 aromatic heterocycles. The van der Waals surface area contributed by atoms with E-state index in [4.69, 9.17) is 5.73 Å². The Labute approximate surface area is 45.4 Å². The topological polar surface area (TPSA) is 26.0 Å². The average Bonchev–Trinajstić information content (AvgIpc) is 1.41. The summed E-state index contributed by atoms with van der Waals surface area (Å²) in [6, 6.07) is 0. The average molecular weight is 183 g/mol. The zero-order chi connectivity index (χ0) is 4.12. The lowest BCUT2D eigenvalue weighted by Gasteiger charge is -1.65. The highest BCUT2D eigenvalue weighted by molar-refractivity contribution is 14.1. The van der Waals surface area contributed by atoms with E-state index in [1.54, 1.807) is 0 Å². The number of hydrogen-bond donors (Lipinski definition) is 1. The molecule has 0 unspecified atom stereocenters. The molecular weight excluding hydrogens is 177 g/mol. The zero-order valence-electron chi connectivity index (χ0n) is 2.82. The maximum atomic E-state index is 5.05. The summed E-state index contributed by atoms with van der Waals surface area (Å²) in [6.07, 6.45) is 1.89. The van der Waals surface area contributed by atoms with Crippen LogP contribution in [0.2, 0.25) is 0 Å². The number of halogens is 1. The maximum absolute atomic E-state index is 5.05. The molecule has 2 N–H and O–H groups in total. The molecule has 2 heteroatoms. The first kappa shape index (κ1) is 5.43. The molecule has 0 bridgehead atoms. The van der Waals surface area contributed by atoms with Crippen LogP contribution in [0.25, 0.3) is 0 Å². The van der Waals surface area contributed by atoms with Crippen LogP contribution >= 0.6 is 22.6 Å². The fraction of sp³-hybridized carbons (Fsp3) is 0.333. The molecule has 30 valence electrons. The van der Waals surface area contributed by atoms with Gasteiger partial charge in [0.25, 0.3) is 0 Å². The lowest BCUT2D eigenvalue weighted by molar-refractivity contribution is 1.26. The summed E-state index contributed by atoms with van der Waals surface area (Å²) in [6.45, 7) is 0.656. The fourth-order valence-corrected chi connectivity index (χ4v) is 0.345.